The fourth-order valence-electron chi connectivity index (χ4n) is 5.71. The van der Waals surface area contributed by atoms with E-state index in [0.29, 0.717) is 12.0 Å². The van der Waals surface area contributed by atoms with Crippen LogP contribution in [0.15, 0.2) is 41.2 Å². The van der Waals surface area contributed by atoms with E-state index in [2.05, 4.69) is 33.9 Å². The molecule has 1 aromatic carbocycles. The molecule has 1 aromatic rings. The SMILES string of the molecule is CN(C)N1C=C2C[C@@H](O[Si](C)(C)C(C)(C)C)[C@@H]3OC(C)(C)O[C@@H]3[C@H]2C2=C1C(=O)c1c(O)cccc1C2=O. The minimum atomic E-state index is -2.15. The number of hydrazine groups is 1. The third-order valence-corrected chi connectivity index (χ3v) is 12.9. The third kappa shape index (κ3) is 4.03. The van der Waals surface area contributed by atoms with Crippen LogP contribution in [0.1, 0.15) is 61.8 Å². The van der Waals surface area contributed by atoms with Crippen molar-refractivity contribution < 1.29 is 28.6 Å². The number of phenolic OH excluding ortho intramolecular Hbond substituents is 1. The molecular formula is C28H38N2O6Si. The number of hydrogen-bond acceptors (Lipinski definition) is 8. The van der Waals surface area contributed by atoms with Crippen LogP contribution in [0.2, 0.25) is 18.1 Å². The molecule has 2 fully saturated rings. The van der Waals surface area contributed by atoms with Gasteiger partial charge in [0.05, 0.1) is 11.7 Å². The van der Waals surface area contributed by atoms with Crippen molar-refractivity contribution in [2.24, 2.45) is 5.92 Å². The molecule has 1 saturated carbocycles. The number of hydrogen-bond donors (Lipinski definition) is 1. The summed E-state index contributed by atoms with van der Waals surface area (Å²) in [6, 6.07) is 4.64. The molecular weight excluding hydrogens is 488 g/mol. The lowest BCUT2D eigenvalue weighted by molar-refractivity contribution is -0.153. The van der Waals surface area contributed by atoms with E-state index >= 15 is 0 Å². The van der Waals surface area contributed by atoms with Crippen LogP contribution < -0.4 is 0 Å². The van der Waals surface area contributed by atoms with Crippen molar-refractivity contribution in [2.75, 3.05) is 14.1 Å². The number of allylic oxidation sites excluding steroid dienone is 1. The predicted molar refractivity (Wildman–Crippen MR) is 141 cm³/mol. The van der Waals surface area contributed by atoms with Gasteiger partial charge in [0.1, 0.15) is 23.7 Å². The highest BCUT2D eigenvalue weighted by atomic mass is 28.4. The molecule has 0 aromatic heterocycles. The lowest BCUT2D eigenvalue weighted by atomic mass is 9.69. The summed E-state index contributed by atoms with van der Waals surface area (Å²) < 4.78 is 19.8. The van der Waals surface area contributed by atoms with E-state index in [9.17, 15) is 14.7 Å². The second kappa shape index (κ2) is 8.35. The second-order valence-corrected chi connectivity index (χ2v) is 17.4. The number of ketones is 2. The fraction of sp³-hybridized carbons (Fsp3) is 0.571. The average Bonchev–Trinajstić information content (AvgIpc) is 3.10. The maximum atomic E-state index is 14.0. The smallest absolute Gasteiger partial charge is 0.215 e. The van der Waals surface area contributed by atoms with Crippen LogP contribution in [0, 0.1) is 5.92 Å². The molecule has 2 aliphatic carbocycles. The Morgan fingerprint density at radius 2 is 1.76 bits per heavy atom. The molecule has 0 unspecified atom stereocenters. The van der Waals surface area contributed by atoms with Gasteiger partial charge >= 0.3 is 0 Å². The van der Waals surface area contributed by atoms with Gasteiger partial charge in [0.15, 0.2) is 19.9 Å². The molecule has 1 N–H and O–H groups in total. The topological polar surface area (TPSA) is 88.5 Å². The third-order valence-electron chi connectivity index (χ3n) is 8.44. The van der Waals surface area contributed by atoms with Gasteiger partial charge in [0.2, 0.25) is 5.78 Å². The minimum absolute atomic E-state index is 0.0120. The first-order valence-corrected chi connectivity index (χ1v) is 15.8. The fourth-order valence-corrected chi connectivity index (χ4v) is 7.04. The lowest BCUT2D eigenvalue weighted by Gasteiger charge is -2.48. The monoisotopic (exact) mass is 526 g/mol. The summed E-state index contributed by atoms with van der Waals surface area (Å²) in [5.41, 5.74) is 1.90. The molecule has 0 amide bonds. The van der Waals surface area contributed by atoms with Gasteiger partial charge in [-0.1, -0.05) is 32.9 Å². The van der Waals surface area contributed by atoms with E-state index in [-0.39, 0.29) is 51.4 Å². The van der Waals surface area contributed by atoms with Gasteiger partial charge in [-0.05, 0) is 50.0 Å². The summed E-state index contributed by atoms with van der Waals surface area (Å²) in [5, 5.41) is 14.0. The van der Waals surface area contributed by atoms with Crippen molar-refractivity contribution in [2.45, 2.75) is 83.3 Å². The first-order valence-electron chi connectivity index (χ1n) is 12.9. The molecule has 2 aliphatic heterocycles. The number of phenols is 1. The molecule has 8 nitrogen and oxygen atoms in total. The summed E-state index contributed by atoms with van der Waals surface area (Å²) in [6.45, 7) is 14.8. The number of rotatable bonds is 3. The van der Waals surface area contributed by atoms with E-state index in [1.807, 2.05) is 34.1 Å². The zero-order valence-corrected chi connectivity index (χ0v) is 24.2. The maximum absolute atomic E-state index is 14.0. The molecule has 0 bridgehead atoms. The van der Waals surface area contributed by atoms with Crippen molar-refractivity contribution in [3.8, 4) is 5.75 Å². The number of benzene rings is 1. The van der Waals surface area contributed by atoms with E-state index < -0.39 is 26.1 Å². The molecule has 4 atom stereocenters. The predicted octanol–water partition coefficient (Wildman–Crippen LogP) is 4.63. The van der Waals surface area contributed by atoms with Gasteiger partial charge in [-0.2, -0.15) is 0 Å². The highest BCUT2D eigenvalue weighted by Crippen LogP contribution is 2.52. The quantitative estimate of drug-likeness (QED) is 0.571. The number of aromatic hydroxyl groups is 1. The van der Waals surface area contributed by atoms with E-state index in [4.69, 9.17) is 13.9 Å². The zero-order chi connectivity index (χ0) is 27.2. The van der Waals surface area contributed by atoms with Crippen LogP contribution in [0.4, 0.5) is 0 Å². The number of Topliss-reactive ketones (excluding diaryl/α,β-unsaturated/α-hetero) is 2. The number of carbonyl (C=O) groups is 2. The van der Waals surface area contributed by atoms with Crippen LogP contribution in [0.5, 0.6) is 5.75 Å². The number of ether oxygens (including phenoxy) is 2. The summed E-state index contributed by atoms with van der Waals surface area (Å²) in [6.07, 6.45) is 1.38. The highest BCUT2D eigenvalue weighted by Gasteiger charge is 2.59. The van der Waals surface area contributed by atoms with E-state index in [1.165, 1.54) is 6.07 Å². The normalized spacial score (nSPS) is 29.1. The Hall–Kier alpha value is -2.30. The van der Waals surface area contributed by atoms with Crippen molar-refractivity contribution in [1.82, 2.24) is 10.0 Å². The Morgan fingerprint density at radius 3 is 2.38 bits per heavy atom. The van der Waals surface area contributed by atoms with Gasteiger partial charge in [0.25, 0.3) is 0 Å². The lowest BCUT2D eigenvalue weighted by Crippen LogP contribution is -2.56. The van der Waals surface area contributed by atoms with Gasteiger partial charge < -0.3 is 19.0 Å². The molecule has 1 saturated heterocycles. The standard InChI is InChI=1S/C28H38N2O6Si/c1-27(2,3)37(8,9)36-18-13-15-14-30(29(6)7)22-21(19(15)26-25(18)34-28(4,5)35-26)23(32)16-11-10-12-17(31)20(16)24(22)33/h10-12,14,18-19,25-26,31H,13H2,1-9H3/t18-,19-,25+,26-/m1/s1. The number of nitrogens with zero attached hydrogens (tertiary/aromatic N) is 2. The Morgan fingerprint density at radius 1 is 1.11 bits per heavy atom. The molecule has 0 radical (unpaired) electrons. The number of carbonyl (C=O) groups excluding carboxylic acids is 2. The molecule has 200 valence electrons. The summed E-state index contributed by atoms with van der Waals surface area (Å²) in [4.78, 5) is 27.9. The Bertz CT molecular complexity index is 1240. The molecule has 9 heteroatoms. The largest absolute Gasteiger partial charge is 0.507 e. The molecule has 0 spiro atoms. The Labute approximate surface area is 220 Å². The summed E-state index contributed by atoms with van der Waals surface area (Å²) >= 11 is 0. The minimum Gasteiger partial charge on any atom is -0.507 e. The van der Waals surface area contributed by atoms with Crippen LogP contribution in [-0.4, -0.2) is 73.2 Å². The van der Waals surface area contributed by atoms with Crippen LogP contribution in [0.3, 0.4) is 0 Å². The van der Waals surface area contributed by atoms with Crippen molar-refractivity contribution in [3.63, 3.8) is 0 Å². The molecule has 37 heavy (non-hydrogen) atoms. The summed E-state index contributed by atoms with van der Waals surface area (Å²) in [5.74, 6) is -2.15. The Kier molecular flexibility index (Phi) is 5.94. The second-order valence-electron chi connectivity index (χ2n) is 12.7. The van der Waals surface area contributed by atoms with Gasteiger partial charge in [-0.3, -0.25) is 14.6 Å². The zero-order valence-electron chi connectivity index (χ0n) is 23.2. The van der Waals surface area contributed by atoms with E-state index in [0.717, 1.165) is 5.57 Å². The van der Waals surface area contributed by atoms with Crippen LogP contribution in [-0.2, 0) is 13.9 Å². The highest BCUT2D eigenvalue weighted by molar-refractivity contribution is 6.74. The van der Waals surface area contributed by atoms with Gasteiger partial charge in [0, 0.05) is 37.3 Å². The Balaban J connectivity index is 1.65. The van der Waals surface area contributed by atoms with Gasteiger partial charge in [-0.15, -0.1) is 0 Å². The van der Waals surface area contributed by atoms with Crippen LogP contribution >= 0.6 is 0 Å². The van der Waals surface area contributed by atoms with Crippen molar-refractivity contribution in [1.29, 1.82) is 0 Å². The maximum Gasteiger partial charge on any atom is 0.215 e. The average molecular weight is 527 g/mol. The molecule has 5 rings (SSSR count). The van der Waals surface area contributed by atoms with Crippen molar-refractivity contribution >= 4 is 19.9 Å². The first-order chi connectivity index (χ1) is 17.0. The van der Waals surface area contributed by atoms with Crippen LogP contribution in [0.25, 0.3) is 0 Å². The van der Waals surface area contributed by atoms with Crippen molar-refractivity contribution in [3.05, 3.63) is 52.4 Å². The summed E-state index contributed by atoms with van der Waals surface area (Å²) in [7, 11) is 1.50. The van der Waals surface area contributed by atoms with Gasteiger partial charge in [-0.25, -0.2) is 5.01 Å². The molecule has 2 heterocycles. The number of fused-ring (bicyclic) bond motifs is 5. The first kappa shape index (κ1) is 26.3. The molecule has 4 aliphatic rings. The van der Waals surface area contributed by atoms with E-state index in [1.54, 1.807) is 22.2 Å².